The maximum Gasteiger partial charge on any atom is 0.319 e. The number of esters is 1. The zero-order valence-electron chi connectivity index (χ0n) is 9.67. The number of Topliss-reactive ketones (excluding diaryl/α,β-unsaturated/α-hetero) is 1. The van der Waals surface area contributed by atoms with E-state index in [2.05, 4.69) is 0 Å². The van der Waals surface area contributed by atoms with E-state index in [4.69, 9.17) is 4.74 Å². The van der Waals surface area contributed by atoms with Crippen molar-refractivity contribution >= 4 is 11.8 Å². The first-order chi connectivity index (χ1) is 7.17. The van der Waals surface area contributed by atoms with Crippen molar-refractivity contribution in [1.82, 2.24) is 0 Å². The molecule has 0 saturated heterocycles. The summed E-state index contributed by atoms with van der Waals surface area (Å²) in [5, 5.41) is 0. The average molecular weight is 212 g/mol. The monoisotopic (exact) mass is 212 g/mol. The Morgan fingerprint density at radius 3 is 2.07 bits per heavy atom. The second-order valence-corrected chi connectivity index (χ2v) is 4.26. The van der Waals surface area contributed by atoms with E-state index >= 15 is 0 Å². The third-order valence-electron chi connectivity index (χ3n) is 3.39. The minimum Gasteiger partial charge on any atom is -0.468 e. The van der Waals surface area contributed by atoms with Crippen LogP contribution in [0.3, 0.4) is 0 Å². The smallest absolute Gasteiger partial charge is 0.319 e. The Morgan fingerprint density at radius 2 is 1.67 bits per heavy atom. The van der Waals surface area contributed by atoms with Crippen LogP contribution in [0.15, 0.2) is 0 Å². The number of hydrogen-bond donors (Lipinski definition) is 0. The predicted octanol–water partition coefficient (Wildman–Crippen LogP) is 2.48. The summed E-state index contributed by atoms with van der Waals surface area (Å²) in [7, 11) is 1.37. The Bertz CT molecular complexity index is 219. The Kier molecular flexibility index (Phi) is 4.30. The van der Waals surface area contributed by atoms with Gasteiger partial charge in [-0.25, -0.2) is 0 Å². The van der Waals surface area contributed by atoms with Crippen molar-refractivity contribution in [3.8, 4) is 0 Å². The SMILES string of the molecule is CCC(=O)C1(C(=O)OC)CCCCCC1. The van der Waals surface area contributed by atoms with Crippen molar-refractivity contribution in [2.45, 2.75) is 51.9 Å². The molecular weight excluding hydrogens is 192 g/mol. The molecule has 0 spiro atoms. The maximum atomic E-state index is 11.9. The zero-order chi connectivity index (χ0) is 11.3. The summed E-state index contributed by atoms with van der Waals surface area (Å²) in [6, 6.07) is 0. The molecule has 1 saturated carbocycles. The quantitative estimate of drug-likeness (QED) is 0.410. The summed E-state index contributed by atoms with van der Waals surface area (Å²) in [6.07, 6.45) is 5.93. The van der Waals surface area contributed by atoms with Gasteiger partial charge in [-0.1, -0.05) is 32.6 Å². The van der Waals surface area contributed by atoms with Crippen LogP contribution in [-0.2, 0) is 14.3 Å². The number of carbonyl (C=O) groups is 2. The number of ether oxygens (including phenoxy) is 1. The van der Waals surface area contributed by atoms with E-state index in [1.165, 1.54) is 7.11 Å². The van der Waals surface area contributed by atoms with Crippen LogP contribution < -0.4 is 0 Å². The molecule has 1 aliphatic rings. The Labute approximate surface area is 91.2 Å². The van der Waals surface area contributed by atoms with Crippen LogP contribution in [0.1, 0.15) is 51.9 Å². The lowest BCUT2D eigenvalue weighted by Gasteiger charge is -2.27. The highest BCUT2D eigenvalue weighted by Crippen LogP contribution is 2.37. The topological polar surface area (TPSA) is 43.4 Å². The normalized spacial score (nSPS) is 20.4. The molecule has 1 fully saturated rings. The molecule has 1 aliphatic carbocycles. The van der Waals surface area contributed by atoms with Crippen LogP contribution in [0.25, 0.3) is 0 Å². The third-order valence-corrected chi connectivity index (χ3v) is 3.39. The van der Waals surface area contributed by atoms with E-state index in [-0.39, 0.29) is 11.8 Å². The minimum absolute atomic E-state index is 0.0521. The number of ketones is 1. The van der Waals surface area contributed by atoms with E-state index in [9.17, 15) is 9.59 Å². The van der Waals surface area contributed by atoms with Gasteiger partial charge in [0, 0.05) is 6.42 Å². The van der Waals surface area contributed by atoms with Gasteiger partial charge < -0.3 is 4.74 Å². The van der Waals surface area contributed by atoms with E-state index < -0.39 is 5.41 Å². The highest BCUT2D eigenvalue weighted by atomic mass is 16.5. The van der Waals surface area contributed by atoms with Crippen LogP contribution >= 0.6 is 0 Å². The molecule has 0 amide bonds. The van der Waals surface area contributed by atoms with Crippen molar-refractivity contribution in [2.75, 3.05) is 7.11 Å². The first kappa shape index (κ1) is 12.2. The first-order valence-electron chi connectivity index (χ1n) is 5.79. The standard InChI is InChI=1S/C12H20O3/c1-3-10(13)12(11(14)15-2)8-6-4-5-7-9-12/h3-9H2,1-2H3. The van der Waals surface area contributed by atoms with Gasteiger partial charge >= 0.3 is 5.97 Å². The van der Waals surface area contributed by atoms with Gasteiger partial charge in [0.15, 0.2) is 0 Å². The molecule has 3 heteroatoms. The summed E-state index contributed by atoms with van der Waals surface area (Å²) >= 11 is 0. The molecule has 15 heavy (non-hydrogen) atoms. The van der Waals surface area contributed by atoms with Gasteiger partial charge in [0.05, 0.1) is 7.11 Å². The number of rotatable bonds is 3. The second-order valence-electron chi connectivity index (χ2n) is 4.26. The van der Waals surface area contributed by atoms with Gasteiger partial charge in [-0.3, -0.25) is 9.59 Å². The minimum atomic E-state index is -0.819. The Morgan fingerprint density at radius 1 is 1.13 bits per heavy atom. The van der Waals surface area contributed by atoms with E-state index in [1.54, 1.807) is 0 Å². The lowest BCUT2D eigenvalue weighted by molar-refractivity contribution is -0.159. The van der Waals surface area contributed by atoms with Gasteiger partial charge in [0.1, 0.15) is 11.2 Å². The van der Waals surface area contributed by atoms with Crippen molar-refractivity contribution in [2.24, 2.45) is 5.41 Å². The van der Waals surface area contributed by atoms with E-state index in [0.717, 1.165) is 25.7 Å². The summed E-state index contributed by atoms with van der Waals surface area (Å²) in [6.45, 7) is 1.82. The molecule has 3 nitrogen and oxygen atoms in total. The van der Waals surface area contributed by atoms with Crippen molar-refractivity contribution < 1.29 is 14.3 Å². The molecular formula is C12H20O3. The molecule has 0 aromatic rings. The first-order valence-corrected chi connectivity index (χ1v) is 5.79. The van der Waals surface area contributed by atoms with E-state index in [0.29, 0.717) is 19.3 Å². The van der Waals surface area contributed by atoms with Gasteiger partial charge in [0.25, 0.3) is 0 Å². The molecule has 0 heterocycles. The molecule has 0 unspecified atom stereocenters. The molecule has 0 radical (unpaired) electrons. The molecule has 0 aromatic carbocycles. The predicted molar refractivity (Wildman–Crippen MR) is 57.4 cm³/mol. The van der Waals surface area contributed by atoms with Gasteiger partial charge in [-0.05, 0) is 12.8 Å². The average Bonchev–Trinajstić information content (AvgIpc) is 2.53. The fourth-order valence-electron chi connectivity index (χ4n) is 2.46. The van der Waals surface area contributed by atoms with Crippen molar-refractivity contribution in [1.29, 1.82) is 0 Å². The molecule has 86 valence electrons. The van der Waals surface area contributed by atoms with Gasteiger partial charge in [-0.15, -0.1) is 0 Å². The van der Waals surface area contributed by atoms with Crippen molar-refractivity contribution in [3.63, 3.8) is 0 Å². The molecule has 1 rings (SSSR count). The molecule has 0 atom stereocenters. The Hall–Kier alpha value is -0.860. The van der Waals surface area contributed by atoms with Gasteiger partial charge in [0.2, 0.25) is 0 Å². The van der Waals surface area contributed by atoms with Crippen LogP contribution in [0.2, 0.25) is 0 Å². The Balaban J connectivity index is 2.92. The third kappa shape index (κ3) is 2.39. The highest BCUT2D eigenvalue weighted by molar-refractivity contribution is 6.03. The molecule has 0 aliphatic heterocycles. The van der Waals surface area contributed by atoms with Crippen LogP contribution in [0, 0.1) is 5.41 Å². The lowest BCUT2D eigenvalue weighted by Crippen LogP contribution is -2.39. The zero-order valence-corrected chi connectivity index (χ0v) is 9.67. The maximum absolute atomic E-state index is 11.9. The number of carbonyl (C=O) groups excluding carboxylic acids is 2. The van der Waals surface area contributed by atoms with Gasteiger partial charge in [-0.2, -0.15) is 0 Å². The fourth-order valence-corrected chi connectivity index (χ4v) is 2.46. The largest absolute Gasteiger partial charge is 0.468 e. The van der Waals surface area contributed by atoms with Crippen molar-refractivity contribution in [3.05, 3.63) is 0 Å². The summed E-state index contributed by atoms with van der Waals surface area (Å²) < 4.78 is 4.81. The van der Waals surface area contributed by atoms with Crippen LogP contribution in [0.5, 0.6) is 0 Å². The van der Waals surface area contributed by atoms with Crippen LogP contribution in [0.4, 0.5) is 0 Å². The number of methoxy groups -OCH3 is 1. The highest BCUT2D eigenvalue weighted by Gasteiger charge is 2.45. The fraction of sp³-hybridized carbons (Fsp3) is 0.833. The lowest BCUT2D eigenvalue weighted by atomic mass is 9.75. The second kappa shape index (κ2) is 5.29. The summed E-state index contributed by atoms with van der Waals surface area (Å²) in [4.78, 5) is 23.7. The van der Waals surface area contributed by atoms with E-state index in [1.807, 2.05) is 6.92 Å². The van der Waals surface area contributed by atoms with Crippen LogP contribution in [-0.4, -0.2) is 18.9 Å². The summed E-state index contributed by atoms with van der Waals surface area (Å²) in [5.41, 5.74) is -0.819. The molecule has 0 N–H and O–H groups in total. The molecule has 0 aromatic heterocycles. The molecule has 0 bridgehead atoms. The summed E-state index contributed by atoms with van der Waals surface area (Å²) in [5.74, 6) is -0.271. The number of hydrogen-bond acceptors (Lipinski definition) is 3.